The van der Waals surface area contributed by atoms with Crippen molar-refractivity contribution in [2.45, 2.75) is 19.5 Å². The number of sulfone groups is 1. The van der Waals surface area contributed by atoms with Crippen molar-refractivity contribution >= 4 is 27.1 Å². The molecule has 2 heterocycles. The van der Waals surface area contributed by atoms with Crippen LogP contribution >= 0.6 is 11.3 Å². The Morgan fingerprint density at radius 2 is 2.28 bits per heavy atom. The van der Waals surface area contributed by atoms with Gasteiger partial charge in [-0.3, -0.25) is 4.90 Å². The molecule has 0 bridgehead atoms. The summed E-state index contributed by atoms with van der Waals surface area (Å²) in [6.45, 7) is 3.03. The van der Waals surface area contributed by atoms with E-state index in [2.05, 4.69) is 4.90 Å². The van der Waals surface area contributed by atoms with Crippen LogP contribution < -0.4 is 0 Å². The van der Waals surface area contributed by atoms with Gasteiger partial charge in [0.15, 0.2) is 9.84 Å². The first-order valence-electron chi connectivity index (χ1n) is 5.64. The molecule has 1 saturated heterocycles. The SMILES string of the molecule is CC1CS(=O)(=O)CCN1Cc1ccc(C(=O)O)s1. The van der Waals surface area contributed by atoms with Crippen LogP contribution in [0.4, 0.5) is 0 Å². The average molecular weight is 289 g/mol. The topological polar surface area (TPSA) is 74.7 Å². The first kappa shape index (κ1) is 13.5. The third-order valence-electron chi connectivity index (χ3n) is 3.04. The monoisotopic (exact) mass is 289 g/mol. The molecule has 5 nitrogen and oxygen atoms in total. The van der Waals surface area contributed by atoms with Crippen LogP contribution in [0.1, 0.15) is 21.5 Å². The molecule has 1 aromatic heterocycles. The molecule has 1 aliphatic rings. The number of hydrogen-bond acceptors (Lipinski definition) is 5. The summed E-state index contributed by atoms with van der Waals surface area (Å²) in [4.78, 5) is 14.1. The van der Waals surface area contributed by atoms with Crippen molar-refractivity contribution in [3.63, 3.8) is 0 Å². The second-order valence-corrected chi connectivity index (χ2v) is 7.90. The summed E-state index contributed by atoms with van der Waals surface area (Å²) in [6.07, 6.45) is 0. The third-order valence-corrected chi connectivity index (χ3v) is 5.89. The van der Waals surface area contributed by atoms with E-state index in [-0.39, 0.29) is 17.5 Å². The van der Waals surface area contributed by atoms with Gasteiger partial charge in [-0.15, -0.1) is 11.3 Å². The summed E-state index contributed by atoms with van der Waals surface area (Å²) in [5.74, 6) is -0.543. The maximum atomic E-state index is 11.5. The van der Waals surface area contributed by atoms with Crippen LogP contribution in [0.15, 0.2) is 12.1 Å². The van der Waals surface area contributed by atoms with Crippen molar-refractivity contribution in [1.82, 2.24) is 4.90 Å². The zero-order valence-electron chi connectivity index (χ0n) is 10.00. The molecule has 0 saturated carbocycles. The smallest absolute Gasteiger partial charge is 0.345 e. The fourth-order valence-corrected chi connectivity index (χ4v) is 4.54. The predicted molar refractivity (Wildman–Crippen MR) is 69.8 cm³/mol. The van der Waals surface area contributed by atoms with Crippen LogP contribution in [0, 0.1) is 0 Å². The number of carbonyl (C=O) groups is 1. The van der Waals surface area contributed by atoms with Crippen LogP contribution in [-0.4, -0.2) is 48.5 Å². The lowest BCUT2D eigenvalue weighted by Gasteiger charge is -2.32. The lowest BCUT2D eigenvalue weighted by Crippen LogP contribution is -2.46. The van der Waals surface area contributed by atoms with Crippen molar-refractivity contribution in [3.05, 3.63) is 21.9 Å². The molecule has 0 amide bonds. The Bertz CT molecular complexity index is 549. The molecule has 1 fully saturated rings. The zero-order valence-corrected chi connectivity index (χ0v) is 11.6. The van der Waals surface area contributed by atoms with Gasteiger partial charge in [0, 0.05) is 24.0 Å². The molecule has 7 heteroatoms. The molecular formula is C11H15NO4S2. The van der Waals surface area contributed by atoms with E-state index < -0.39 is 15.8 Å². The highest BCUT2D eigenvalue weighted by atomic mass is 32.2. The second kappa shape index (κ2) is 4.99. The highest BCUT2D eigenvalue weighted by Gasteiger charge is 2.28. The van der Waals surface area contributed by atoms with Crippen LogP contribution in [0.3, 0.4) is 0 Å². The molecule has 1 unspecified atom stereocenters. The molecule has 1 aromatic rings. The molecule has 18 heavy (non-hydrogen) atoms. The van der Waals surface area contributed by atoms with Crippen LogP contribution in [0.2, 0.25) is 0 Å². The van der Waals surface area contributed by atoms with Crippen LogP contribution in [-0.2, 0) is 16.4 Å². The molecular weight excluding hydrogens is 274 g/mol. The van der Waals surface area contributed by atoms with Crippen LogP contribution in [0.5, 0.6) is 0 Å². The highest BCUT2D eigenvalue weighted by molar-refractivity contribution is 7.91. The number of hydrogen-bond donors (Lipinski definition) is 1. The second-order valence-electron chi connectivity index (χ2n) is 4.50. The van der Waals surface area contributed by atoms with E-state index in [0.717, 1.165) is 4.88 Å². The molecule has 0 radical (unpaired) electrons. The van der Waals surface area contributed by atoms with E-state index in [9.17, 15) is 13.2 Å². The fraction of sp³-hybridized carbons (Fsp3) is 0.545. The van der Waals surface area contributed by atoms with E-state index in [4.69, 9.17) is 5.11 Å². The Morgan fingerprint density at radius 1 is 1.56 bits per heavy atom. The Balaban J connectivity index is 2.03. The summed E-state index contributed by atoms with van der Waals surface area (Å²) in [5, 5.41) is 8.84. The molecule has 0 aliphatic carbocycles. The summed E-state index contributed by atoms with van der Waals surface area (Å²) in [5.41, 5.74) is 0. The number of thiophene rings is 1. The number of rotatable bonds is 3. The van der Waals surface area contributed by atoms with Gasteiger partial charge < -0.3 is 5.11 Å². The largest absolute Gasteiger partial charge is 0.477 e. The summed E-state index contributed by atoms with van der Waals surface area (Å²) >= 11 is 1.25. The molecule has 2 rings (SSSR count). The summed E-state index contributed by atoms with van der Waals surface area (Å²) in [6, 6.07) is 3.37. The van der Waals surface area contributed by atoms with Gasteiger partial charge in [0.05, 0.1) is 11.5 Å². The standard InChI is InChI=1S/C11H15NO4S2/c1-8-7-18(15,16)5-4-12(8)6-9-2-3-10(17-9)11(13)14/h2-3,8H,4-7H2,1H3,(H,13,14). The van der Waals surface area contributed by atoms with Gasteiger partial charge in [-0.25, -0.2) is 13.2 Å². The number of nitrogens with zero attached hydrogens (tertiary/aromatic N) is 1. The van der Waals surface area contributed by atoms with Gasteiger partial charge in [0.25, 0.3) is 0 Å². The lowest BCUT2D eigenvalue weighted by atomic mass is 10.3. The molecule has 1 atom stereocenters. The Labute approximate surface area is 110 Å². The third kappa shape index (κ3) is 3.09. The van der Waals surface area contributed by atoms with Crippen LogP contribution in [0.25, 0.3) is 0 Å². The lowest BCUT2D eigenvalue weighted by molar-refractivity contribution is 0.0702. The minimum atomic E-state index is -2.90. The van der Waals surface area contributed by atoms with Gasteiger partial charge in [0.1, 0.15) is 4.88 Å². The van der Waals surface area contributed by atoms with Crippen molar-refractivity contribution < 1.29 is 18.3 Å². The first-order chi connectivity index (χ1) is 8.37. The van der Waals surface area contributed by atoms with Gasteiger partial charge in [-0.05, 0) is 19.1 Å². The number of carboxylic acid groups (broad SMARTS) is 1. The average Bonchev–Trinajstić information content (AvgIpc) is 2.70. The highest BCUT2D eigenvalue weighted by Crippen LogP contribution is 2.21. The van der Waals surface area contributed by atoms with Gasteiger partial charge in [-0.2, -0.15) is 0 Å². The minimum Gasteiger partial charge on any atom is -0.477 e. The molecule has 1 N–H and O–H groups in total. The quantitative estimate of drug-likeness (QED) is 0.900. The zero-order chi connectivity index (χ0) is 13.3. The van der Waals surface area contributed by atoms with Crippen molar-refractivity contribution in [1.29, 1.82) is 0 Å². The molecule has 100 valence electrons. The number of carboxylic acids is 1. The van der Waals surface area contributed by atoms with E-state index in [1.807, 2.05) is 6.92 Å². The van der Waals surface area contributed by atoms with E-state index in [1.165, 1.54) is 11.3 Å². The van der Waals surface area contributed by atoms with Gasteiger partial charge >= 0.3 is 5.97 Å². The summed E-state index contributed by atoms with van der Waals surface area (Å²) in [7, 11) is -2.90. The van der Waals surface area contributed by atoms with E-state index in [0.29, 0.717) is 18.0 Å². The van der Waals surface area contributed by atoms with Crippen molar-refractivity contribution in [2.75, 3.05) is 18.1 Å². The Hall–Kier alpha value is -0.920. The maximum absolute atomic E-state index is 11.5. The minimum absolute atomic E-state index is 0.0147. The van der Waals surface area contributed by atoms with Crippen molar-refractivity contribution in [2.24, 2.45) is 0 Å². The molecule has 0 aromatic carbocycles. The fourth-order valence-electron chi connectivity index (χ4n) is 2.05. The predicted octanol–water partition coefficient (Wildman–Crippen LogP) is 1.07. The molecule has 0 spiro atoms. The number of aromatic carboxylic acids is 1. The first-order valence-corrected chi connectivity index (χ1v) is 8.28. The normalized spacial score (nSPS) is 23.9. The van der Waals surface area contributed by atoms with E-state index in [1.54, 1.807) is 12.1 Å². The maximum Gasteiger partial charge on any atom is 0.345 e. The van der Waals surface area contributed by atoms with Gasteiger partial charge in [0.2, 0.25) is 0 Å². The molecule has 1 aliphatic heterocycles. The van der Waals surface area contributed by atoms with Gasteiger partial charge in [-0.1, -0.05) is 0 Å². The summed E-state index contributed by atoms with van der Waals surface area (Å²) < 4.78 is 22.9. The van der Waals surface area contributed by atoms with Crippen molar-refractivity contribution in [3.8, 4) is 0 Å². The Morgan fingerprint density at radius 3 is 2.83 bits per heavy atom. The Kier molecular flexibility index (Phi) is 3.74. The van der Waals surface area contributed by atoms with E-state index >= 15 is 0 Å².